The molecule has 0 spiro atoms. The van der Waals surface area contributed by atoms with E-state index >= 15 is 0 Å². The molecule has 0 amide bonds. The van der Waals surface area contributed by atoms with Gasteiger partial charge in [-0.3, -0.25) is 0 Å². The monoisotopic (exact) mass is 969 g/mol. The summed E-state index contributed by atoms with van der Waals surface area (Å²) in [6.45, 7) is 8.81. The summed E-state index contributed by atoms with van der Waals surface area (Å²) in [6, 6.07) is 66.4. The molecule has 0 saturated carbocycles. The van der Waals surface area contributed by atoms with Crippen molar-refractivity contribution in [3.8, 4) is 23.0 Å². The van der Waals surface area contributed by atoms with Crippen LogP contribution in [0.5, 0.6) is 11.5 Å². The SMILES string of the molecule is CC(C)(C)c1cc(Oc2[c-]c3c(cc2)c2ccccc2n3-c2cc3c(cn2)c2ccccc2n3-c2ccccc2)[c-]c(N2[CH-]N(c3ccccc3)C=C2c2ccccc2)c1.[Pt]. The minimum Gasteiger partial charge on any atom is -0.509 e. The molecule has 0 radical (unpaired) electrons. The van der Waals surface area contributed by atoms with E-state index in [1.807, 2.05) is 24.4 Å². The summed E-state index contributed by atoms with van der Waals surface area (Å²) in [6.07, 6.45) is 4.18. The summed E-state index contributed by atoms with van der Waals surface area (Å²) in [5, 5.41) is 4.46. The van der Waals surface area contributed by atoms with E-state index in [1.165, 1.54) is 5.39 Å². The van der Waals surface area contributed by atoms with Crippen molar-refractivity contribution in [2.24, 2.45) is 0 Å². The average molecular weight is 970 g/mol. The molecule has 0 fully saturated rings. The smallest absolute Gasteiger partial charge is 0.137 e. The Morgan fingerprint density at radius 1 is 0.557 bits per heavy atom. The molecule has 61 heavy (non-hydrogen) atoms. The molecule has 11 rings (SSSR count). The van der Waals surface area contributed by atoms with Crippen molar-refractivity contribution in [1.29, 1.82) is 0 Å². The van der Waals surface area contributed by atoms with Gasteiger partial charge in [-0.2, -0.15) is 6.07 Å². The van der Waals surface area contributed by atoms with E-state index in [9.17, 15) is 0 Å². The van der Waals surface area contributed by atoms with Crippen LogP contribution in [0.15, 0.2) is 182 Å². The van der Waals surface area contributed by atoms with Gasteiger partial charge in [-0.1, -0.05) is 129 Å². The van der Waals surface area contributed by atoms with Crippen LogP contribution in [0.3, 0.4) is 0 Å². The predicted octanol–water partition coefficient (Wildman–Crippen LogP) is 13.4. The molecule has 7 aromatic carbocycles. The summed E-state index contributed by atoms with van der Waals surface area (Å²) in [7, 11) is 0. The molecular weight excluding hydrogens is 930 g/mol. The number of rotatable bonds is 7. The van der Waals surface area contributed by atoms with Gasteiger partial charge >= 0.3 is 0 Å². The maximum Gasteiger partial charge on any atom is 0.137 e. The quantitative estimate of drug-likeness (QED) is 0.149. The normalized spacial score (nSPS) is 13.0. The van der Waals surface area contributed by atoms with Crippen LogP contribution in [-0.4, -0.2) is 14.1 Å². The Hall–Kier alpha value is -6.88. The van der Waals surface area contributed by atoms with Crippen molar-refractivity contribution < 1.29 is 25.8 Å². The fraction of sp³-hybridized carbons (Fsp3) is 0.0741. The van der Waals surface area contributed by atoms with Crippen molar-refractivity contribution in [3.63, 3.8) is 0 Å². The molecule has 6 nitrogen and oxygen atoms in total. The van der Waals surface area contributed by atoms with Crippen LogP contribution >= 0.6 is 0 Å². The third-order valence-corrected chi connectivity index (χ3v) is 11.4. The Labute approximate surface area is 369 Å². The number of hydrogen-bond donors (Lipinski definition) is 0. The summed E-state index contributed by atoms with van der Waals surface area (Å²) in [5.41, 5.74) is 10.3. The molecule has 3 aromatic heterocycles. The minimum atomic E-state index is -0.163. The van der Waals surface area contributed by atoms with Crippen LogP contribution in [0.4, 0.5) is 11.4 Å². The zero-order valence-corrected chi connectivity index (χ0v) is 36.1. The van der Waals surface area contributed by atoms with Gasteiger partial charge in [0.1, 0.15) is 5.82 Å². The minimum absolute atomic E-state index is 0. The zero-order valence-electron chi connectivity index (χ0n) is 33.9. The number of nitrogens with zero attached hydrogens (tertiary/aromatic N) is 5. The van der Waals surface area contributed by atoms with Gasteiger partial charge in [0.2, 0.25) is 0 Å². The number of ether oxygens (including phenoxy) is 1. The number of fused-ring (bicyclic) bond motifs is 6. The second kappa shape index (κ2) is 15.3. The molecule has 10 aromatic rings. The van der Waals surface area contributed by atoms with Crippen molar-refractivity contribution >= 4 is 60.7 Å². The Morgan fingerprint density at radius 2 is 1.18 bits per heavy atom. The fourth-order valence-corrected chi connectivity index (χ4v) is 8.44. The van der Waals surface area contributed by atoms with E-state index in [4.69, 9.17) is 9.72 Å². The van der Waals surface area contributed by atoms with Gasteiger partial charge in [0.15, 0.2) is 0 Å². The number of para-hydroxylation sites is 4. The van der Waals surface area contributed by atoms with Crippen LogP contribution < -0.4 is 14.5 Å². The molecular formula is C54H40N5OPt-3. The molecule has 0 saturated heterocycles. The van der Waals surface area contributed by atoms with Crippen molar-refractivity contribution in [1.82, 2.24) is 14.1 Å². The second-order valence-corrected chi connectivity index (χ2v) is 16.3. The van der Waals surface area contributed by atoms with Gasteiger partial charge in [0, 0.05) is 78.2 Å². The van der Waals surface area contributed by atoms with E-state index in [-0.39, 0.29) is 26.5 Å². The largest absolute Gasteiger partial charge is 0.509 e. The van der Waals surface area contributed by atoms with Gasteiger partial charge in [0.05, 0.1) is 11.0 Å². The maximum absolute atomic E-state index is 6.83. The van der Waals surface area contributed by atoms with Crippen LogP contribution in [0.25, 0.3) is 60.8 Å². The first-order valence-electron chi connectivity index (χ1n) is 20.3. The Morgan fingerprint density at radius 3 is 1.89 bits per heavy atom. The number of anilines is 2. The van der Waals surface area contributed by atoms with Gasteiger partial charge in [-0.25, -0.2) is 4.98 Å². The van der Waals surface area contributed by atoms with Gasteiger partial charge in [-0.05, 0) is 59.0 Å². The molecule has 300 valence electrons. The zero-order chi connectivity index (χ0) is 40.4. The van der Waals surface area contributed by atoms with Crippen molar-refractivity contribution in [3.05, 3.63) is 212 Å². The van der Waals surface area contributed by atoms with Crippen LogP contribution in [0, 0.1) is 18.8 Å². The first-order valence-corrected chi connectivity index (χ1v) is 20.3. The Balaban J connectivity index is 0.00000445. The molecule has 1 aliphatic heterocycles. The second-order valence-electron chi connectivity index (χ2n) is 16.3. The van der Waals surface area contributed by atoms with Gasteiger partial charge in [0.25, 0.3) is 0 Å². The first kappa shape index (κ1) is 38.3. The number of pyridine rings is 1. The van der Waals surface area contributed by atoms with Crippen molar-refractivity contribution in [2.75, 3.05) is 9.80 Å². The Kier molecular flexibility index (Phi) is 9.61. The summed E-state index contributed by atoms with van der Waals surface area (Å²) >= 11 is 0. The van der Waals surface area contributed by atoms with E-state index in [2.05, 4.69) is 216 Å². The third kappa shape index (κ3) is 6.78. The summed E-state index contributed by atoms with van der Waals surface area (Å²) < 4.78 is 11.4. The van der Waals surface area contributed by atoms with Gasteiger partial charge < -0.3 is 23.7 Å². The van der Waals surface area contributed by atoms with E-state index in [0.29, 0.717) is 11.5 Å². The standard InChI is InChI=1S/C54H40N5O.Pt/c1-54(2,3)38-29-41(57-36-56(39-19-9-5-10-20-39)35-52(57)37-17-7-4-8-18-37)31-43(30-38)60-42-27-28-46-44-23-13-16-26-49(44)59(50(46)32-42)53-33-51-47(34-55-53)45-24-14-15-25-48(45)58(51)40-21-11-6-12-22-40;/h4-30,33-36H,1-3H3;/q-3;. The third-order valence-electron chi connectivity index (χ3n) is 11.4. The molecule has 7 heteroatoms. The topological polar surface area (TPSA) is 38.5 Å². The molecule has 1 aliphatic rings. The molecule has 0 bridgehead atoms. The van der Waals surface area contributed by atoms with E-state index in [1.54, 1.807) is 0 Å². The predicted molar refractivity (Wildman–Crippen MR) is 246 cm³/mol. The average Bonchev–Trinajstić information content (AvgIpc) is 3.97. The van der Waals surface area contributed by atoms with Gasteiger partial charge in [-0.15, -0.1) is 53.6 Å². The fourth-order valence-electron chi connectivity index (χ4n) is 8.44. The van der Waals surface area contributed by atoms with E-state index < -0.39 is 0 Å². The summed E-state index contributed by atoms with van der Waals surface area (Å²) in [5.74, 6) is 2.01. The van der Waals surface area contributed by atoms with E-state index in [0.717, 1.165) is 77.9 Å². The van der Waals surface area contributed by atoms with Crippen LogP contribution in [-0.2, 0) is 26.5 Å². The Bertz CT molecular complexity index is 3260. The molecule has 0 N–H and O–H groups in total. The van der Waals surface area contributed by atoms with Crippen LogP contribution in [0.2, 0.25) is 0 Å². The maximum atomic E-state index is 6.83. The first-order chi connectivity index (χ1) is 29.4. The molecule has 0 atom stereocenters. The molecule has 0 unspecified atom stereocenters. The number of hydrogen-bond acceptors (Lipinski definition) is 4. The van der Waals surface area contributed by atoms with Crippen LogP contribution in [0.1, 0.15) is 31.9 Å². The number of benzene rings is 7. The summed E-state index contributed by atoms with van der Waals surface area (Å²) in [4.78, 5) is 9.50. The number of aromatic nitrogens is 3. The molecule has 4 heterocycles. The molecule has 0 aliphatic carbocycles. The van der Waals surface area contributed by atoms with Crippen molar-refractivity contribution in [2.45, 2.75) is 26.2 Å².